The van der Waals surface area contributed by atoms with Crippen LogP contribution in [0.5, 0.6) is 0 Å². The Bertz CT molecular complexity index is 1100. The molecule has 0 radical (unpaired) electrons. The van der Waals surface area contributed by atoms with Crippen LogP contribution < -0.4 is 5.32 Å². The molecule has 13 heteroatoms. The van der Waals surface area contributed by atoms with Gasteiger partial charge in [-0.3, -0.25) is 4.98 Å². The fourth-order valence-electron chi connectivity index (χ4n) is 2.39. The molecular formula is C16H10Cl2F5N5S. The molecule has 0 aliphatic rings. The molecule has 0 fully saturated rings. The molecule has 1 N–H and O–H groups in total. The smallest absolute Gasteiger partial charge is 0.310 e. The van der Waals surface area contributed by atoms with Crippen molar-refractivity contribution >= 4 is 39.2 Å². The Kier molecular flexibility index (Phi) is 4.73. The second-order valence-electron chi connectivity index (χ2n) is 5.85. The van der Waals surface area contributed by atoms with Crippen molar-refractivity contribution in [1.82, 2.24) is 14.8 Å². The monoisotopic (exact) mass is 469 g/mol. The average molecular weight is 470 g/mol. The van der Waals surface area contributed by atoms with Gasteiger partial charge in [-0.2, -0.15) is 10.4 Å². The largest absolute Gasteiger partial charge is 0.366 e. The number of halogens is 7. The average Bonchev–Trinajstić information content (AvgIpc) is 3.01. The summed E-state index contributed by atoms with van der Waals surface area (Å²) in [4.78, 5) is 1.65. The van der Waals surface area contributed by atoms with Gasteiger partial charge in [0.2, 0.25) is 0 Å². The van der Waals surface area contributed by atoms with Crippen LogP contribution in [0.15, 0.2) is 47.6 Å². The Balaban J connectivity index is 2.07. The maximum absolute atomic E-state index is 13.1. The number of hydrogen-bond donors (Lipinski definition) is 1. The van der Waals surface area contributed by atoms with E-state index < -0.39 is 25.2 Å². The highest BCUT2D eigenvalue weighted by Gasteiger charge is 2.65. The molecule has 3 rings (SSSR count). The van der Waals surface area contributed by atoms with Crippen molar-refractivity contribution in [2.45, 2.75) is 11.4 Å². The molecule has 0 aliphatic heterocycles. The molecule has 0 bridgehead atoms. The number of nitriles is 1. The van der Waals surface area contributed by atoms with Gasteiger partial charge in [0.15, 0.2) is 5.69 Å². The summed E-state index contributed by atoms with van der Waals surface area (Å²) in [6, 6.07) is 6.69. The highest BCUT2D eigenvalue weighted by Crippen LogP contribution is 3.02. The molecule has 3 aromatic rings. The first-order chi connectivity index (χ1) is 13.3. The first-order valence-corrected chi connectivity index (χ1v) is 10.4. The first kappa shape index (κ1) is 21.2. The second kappa shape index (κ2) is 6.48. The van der Waals surface area contributed by atoms with Crippen LogP contribution in [0.2, 0.25) is 10.0 Å². The topological polar surface area (TPSA) is 66.5 Å². The van der Waals surface area contributed by atoms with Gasteiger partial charge in [-0.05, 0) is 29.8 Å². The SMILES string of the molecule is N#Cc1cc(NCc2ccncc2)n(-c2c(Cl)cc(S(F)(F)(F)(F)F)cc2Cl)n1. The number of pyridine rings is 1. The Morgan fingerprint density at radius 2 is 1.62 bits per heavy atom. The minimum atomic E-state index is -9.98. The maximum Gasteiger partial charge on any atom is 0.310 e. The van der Waals surface area contributed by atoms with Crippen molar-refractivity contribution in [3.05, 3.63) is 64.0 Å². The molecule has 2 heterocycles. The number of hydrogen-bond acceptors (Lipinski definition) is 4. The molecule has 0 aliphatic carbocycles. The summed E-state index contributed by atoms with van der Waals surface area (Å²) in [6.07, 6.45) is 3.11. The zero-order chi connectivity index (χ0) is 21.5. The van der Waals surface area contributed by atoms with Gasteiger partial charge in [-0.1, -0.05) is 42.6 Å². The van der Waals surface area contributed by atoms with E-state index in [2.05, 4.69) is 15.4 Å². The molecular weight excluding hydrogens is 460 g/mol. The van der Waals surface area contributed by atoms with Crippen LogP contribution in [0, 0.1) is 11.3 Å². The van der Waals surface area contributed by atoms with Crippen LogP contribution in [0.1, 0.15) is 11.3 Å². The van der Waals surface area contributed by atoms with Crippen molar-refractivity contribution in [1.29, 1.82) is 5.26 Å². The maximum atomic E-state index is 13.1. The normalized spacial score (nSPS) is 14.0. The fraction of sp³-hybridized carbons (Fsp3) is 0.0625. The number of nitrogens with zero attached hydrogens (tertiary/aromatic N) is 4. The minimum Gasteiger partial charge on any atom is -0.366 e. The zero-order valence-electron chi connectivity index (χ0n) is 14.1. The Labute approximate surface area is 171 Å². The standard InChI is InChI=1S/C16H10Cl2F5N5S/c17-13-6-12(29(19,20,21,22)23)7-14(18)16(13)28-15(5-11(8-24)27-28)26-9-10-1-3-25-4-2-10/h1-7,26H,9H2. The molecule has 0 atom stereocenters. The van der Waals surface area contributed by atoms with Crippen molar-refractivity contribution < 1.29 is 19.4 Å². The van der Waals surface area contributed by atoms with E-state index in [1.807, 2.05) is 0 Å². The van der Waals surface area contributed by atoms with E-state index in [9.17, 15) is 19.4 Å². The third kappa shape index (κ3) is 4.72. The molecule has 0 amide bonds. The van der Waals surface area contributed by atoms with E-state index in [4.69, 9.17) is 28.5 Å². The van der Waals surface area contributed by atoms with E-state index in [1.165, 1.54) is 6.07 Å². The summed E-state index contributed by atoms with van der Waals surface area (Å²) in [5.74, 6) is 0.169. The van der Waals surface area contributed by atoms with Crippen molar-refractivity contribution in [3.63, 3.8) is 0 Å². The van der Waals surface area contributed by atoms with Crippen molar-refractivity contribution in [3.8, 4) is 11.8 Å². The number of benzene rings is 1. The van der Waals surface area contributed by atoms with E-state index >= 15 is 0 Å². The highest BCUT2D eigenvalue weighted by molar-refractivity contribution is 8.45. The van der Waals surface area contributed by atoms with Crippen LogP contribution in [-0.2, 0) is 6.54 Å². The summed E-state index contributed by atoms with van der Waals surface area (Å²) in [5.41, 5.74) is 0.434. The summed E-state index contributed by atoms with van der Waals surface area (Å²) in [7, 11) is -9.98. The highest BCUT2D eigenvalue weighted by atomic mass is 35.5. The number of rotatable bonds is 5. The molecule has 0 saturated carbocycles. The van der Waals surface area contributed by atoms with Crippen LogP contribution in [0.4, 0.5) is 25.2 Å². The molecule has 29 heavy (non-hydrogen) atoms. The molecule has 0 saturated heterocycles. The van der Waals surface area contributed by atoms with E-state index in [-0.39, 0.29) is 35.9 Å². The van der Waals surface area contributed by atoms with Gasteiger partial charge >= 0.3 is 10.2 Å². The fourth-order valence-corrected chi connectivity index (χ4v) is 3.85. The van der Waals surface area contributed by atoms with Gasteiger partial charge in [0.05, 0.1) is 10.0 Å². The molecule has 0 spiro atoms. The van der Waals surface area contributed by atoms with Gasteiger partial charge < -0.3 is 5.32 Å². The quantitative estimate of drug-likeness (QED) is 0.421. The number of anilines is 1. The van der Waals surface area contributed by atoms with Gasteiger partial charge in [-0.15, -0.1) is 0 Å². The van der Waals surface area contributed by atoms with Gasteiger partial charge in [0.25, 0.3) is 0 Å². The Morgan fingerprint density at radius 3 is 2.14 bits per heavy atom. The number of nitrogens with one attached hydrogen (secondary N) is 1. The Hall–Kier alpha value is -2.55. The zero-order valence-corrected chi connectivity index (χ0v) is 16.4. The summed E-state index contributed by atoms with van der Waals surface area (Å²) < 4.78 is 66.4. The second-order valence-corrected chi connectivity index (χ2v) is 9.08. The summed E-state index contributed by atoms with van der Waals surface area (Å²) >= 11 is 11.7. The van der Waals surface area contributed by atoms with E-state index in [1.54, 1.807) is 30.6 Å². The predicted molar refractivity (Wildman–Crippen MR) is 101 cm³/mol. The Morgan fingerprint density at radius 1 is 1.03 bits per heavy atom. The number of aromatic nitrogens is 3. The predicted octanol–water partition coefficient (Wildman–Crippen LogP) is 6.72. The lowest BCUT2D eigenvalue weighted by atomic mass is 10.2. The van der Waals surface area contributed by atoms with E-state index in [0.29, 0.717) is 0 Å². The lowest BCUT2D eigenvalue weighted by Gasteiger charge is -2.40. The third-order valence-corrected chi connectivity index (χ3v) is 5.40. The van der Waals surface area contributed by atoms with Crippen LogP contribution in [-0.4, -0.2) is 14.8 Å². The summed E-state index contributed by atoms with van der Waals surface area (Å²) in [5, 5.41) is 14.5. The molecule has 1 aromatic carbocycles. The van der Waals surface area contributed by atoms with Crippen LogP contribution in [0.3, 0.4) is 0 Å². The molecule has 2 aromatic heterocycles. The third-order valence-electron chi connectivity index (χ3n) is 3.69. The van der Waals surface area contributed by atoms with Gasteiger partial charge in [0.1, 0.15) is 22.5 Å². The first-order valence-electron chi connectivity index (χ1n) is 7.65. The lowest BCUT2D eigenvalue weighted by molar-refractivity contribution is 0.364. The molecule has 5 nitrogen and oxygen atoms in total. The van der Waals surface area contributed by atoms with Gasteiger partial charge in [0, 0.05) is 25.0 Å². The minimum absolute atomic E-state index is 0.0880. The van der Waals surface area contributed by atoms with Crippen molar-refractivity contribution in [2.75, 3.05) is 5.32 Å². The van der Waals surface area contributed by atoms with Gasteiger partial charge in [-0.25, -0.2) is 4.68 Å². The molecule has 154 valence electrons. The van der Waals surface area contributed by atoms with E-state index in [0.717, 1.165) is 10.2 Å². The lowest BCUT2D eigenvalue weighted by Crippen LogP contribution is -2.10. The molecule has 0 unspecified atom stereocenters. The summed E-state index contributed by atoms with van der Waals surface area (Å²) in [6.45, 7) is 0.248. The van der Waals surface area contributed by atoms with Crippen LogP contribution in [0.25, 0.3) is 5.69 Å². The van der Waals surface area contributed by atoms with Crippen molar-refractivity contribution in [2.24, 2.45) is 0 Å². The van der Waals surface area contributed by atoms with Crippen LogP contribution >= 0.6 is 33.4 Å².